The van der Waals surface area contributed by atoms with Gasteiger partial charge in [0.25, 0.3) is 15.9 Å². The van der Waals surface area contributed by atoms with Crippen LogP contribution in [0.5, 0.6) is 0 Å². The van der Waals surface area contributed by atoms with Crippen molar-refractivity contribution in [2.45, 2.75) is 17.7 Å². The number of carbonyl (C=O) groups is 3. The minimum absolute atomic E-state index is 0.0651. The molecule has 0 saturated carbocycles. The van der Waals surface area contributed by atoms with E-state index in [-0.39, 0.29) is 39.4 Å². The molecule has 0 bridgehead atoms. The normalized spacial score (nSPS) is 14.7. The number of carbonyl (C=O) groups excluding carboxylic acids is 3. The summed E-state index contributed by atoms with van der Waals surface area (Å²) in [6, 6.07) is 11.6. The maximum absolute atomic E-state index is 13.0. The third-order valence-electron chi connectivity index (χ3n) is 5.17. The molecule has 10 heteroatoms. The average molecular weight is 445 g/mol. The maximum atomic E-state index is 13.0. The Bertz CT molecular complexity index is 1090. The number of sulfonamides is 1. The van der Waals surface area contributed by atoms with Gasteiger partial charge in [-0.1, -0.05) is 12.1 Å². The standard InChI is InChI=1S/C21H23N3O6S/c1-30-21(27)15-6-8-16(9-7-15)31(28,29)23-18-5-3-2-4-17(18)20(26)24-12-10-14(11-13-24)19(22)25/h2-9,14,23H,10-13H2,1H3,(H2,22,25). The van der Waals surface area contributed by atoms with E-state index in [4.69, 9.17) is 5.73 Å². The molecule has 0 atom stereocenters. The summed E-state index contributed by atoms with van der Waals surface area (Å²) in [7, 11) is -2.77. The SMILES string of the molecule is COC(=O)c1ccc(S(=O)(=O)Nc2ccccc2C(=O)N2CCC(C(N)=O)CC2)cc1. The molecule has 31 heavy (non-hydrogen) atoms. The molecule has 1 aliphatic rings. The third kappa shape index (κ3) is 5.02. The van der Waals surface area contributed by atoms with Gasteiger partial charge in [0.1, 0.15) is 0 Å². The molecule has 0 spiro atoms. The van der Waals surface area contributed by atoms with Crippen LogP contribution in [0.3, 0.4) is 0 Å². The molecule has 9 nitrogen and oxygen atoms in total. The molecular formula is C21H23N3O6S. The number of esters is 1. The minimum Gasteiger partial charge on any atom is -0.465 e. The predicted molar refractivity (Wildman–Crippen MR) is 113 cm³/mol. The molecule has 2 aromatic rings. The molecule has 1 saturated heterocycles. The summed E-state index contributed by atoms with van der Waals surface area (Å²) in [6.07, 6.45) is 0.947. The fourth-order valence-corrected chi connectivity index (χ4v) is 4.47. The summed E-state index contributed by atoms with van der Waals surface area (Å²) >= 11 is 0. The molecule has 2 amide bonds. The van der Waals surface area contributed by atoms with E-state index in [2.05, 4.69) is 9.46 Å². The van der Waals surface area contributed by atoms with Crippen LogP contribution in [-0.2, 0) is 19.6 Å². The molecule has 1 aliphatic heterocycles. The van der Waals surface area contributed by atoms with Gasteiger partial charge < -0.3 is 15.4 Å². The Morgan fingerprint density at radius 2 is 1.65 bits per heavy atom. The fourth-order valence-electron chi connectivity index (χ4n) is 3.39. The summed E-state index contributed by atoms with van der Waals surface area (Å²) in [5.74, 6) is -1.54. The number of benzene rings is 2. The number of para-hydroxylation sites is 1. The van der Waals surface area contributed by atoms with Crippen LogP contribution in [0.4, 0.5) is 5.69 Å². The Morgan fingerprint density at radius 1 is 1.03 bits per heavy atom. The topological polar surface area (TPSA) is 136 Å². The van der Waals surface area contributed by atoms with Crippen LogP contribution in [0.15, 0.2) is 53.4 Å². The van der Waals surface area contributed by atoms with Crippen LogP contribution >= 0.6 is 0 Å². The van der Waals surface area contributed by atoms with Crippen molar-refractivity contribution < 1.29 is 27.5 Å². The van der Waals surface area contributed by atoms with Gasteiger partial charge in [-0.05, 0) is 49.2 Å². The van der Waals surface area contributed by atoms with Crippen LogP contribution in [0.2, 0.25) is 0 Å². The van der Waals surface area contributed by atoms with Crippen molar-refractivity contribution in [3.63, 3.8) is 0 Å². The van der Waals surface area contributed by atoms with Gasteiger partial charge >= 0.3 is 5.97 Å². The van der Waals surface area contributed by atoms with Crippen LogP contribution in [0.1, 0.15) is 33.6 Å². The van der Waals surface area contributed by atoms with Crippen molar-refractivity contribution in [3.05, 3.63) is 59.7 Å². The van der Waals surface area contributed by atoms with Crippen molar-refractivity contribution in [3.8, 4) is 0 Å². The summed E-state index contributed by atoms with van der Waals surface area (Å²) in [5, 5.41) is 0. The van der Waals surface area contributed by atoms with Crippen LogP contribution in [0, 0.1) is 5.92 Å². The van der Waals surface area contributed by atoms with Crippen LogP contribution < -0.4 is 10.5 Å². The molecule has 164 valence electrons. The average Bonchev–Trinajstić information content (AvgIpc) is 2.78. The molecule has 3 rings (SSSR count). The van der Waals surface area contributed by atoms with Crippen molar-refractivity contribution in [1.82, 2.24) is 4.90 Å². The number of nitrogens with one attached hydrogen (secondary N) is 1. The fraction of sp³-hybridized carbons (Fsp3) is 0.286. The lowest BCUT2D eigenvalue weighted by Crippen LogP contribution is -2.42. The second-order valence-corrected chi connectivity index (χ2v) is 8.82. The first-order chi connectivity index (χ1) is 14.7. The number of amides is 2. The number of anilines is 1. The number of methoxy groups -OCH3 is 1. The molecule has 1 heterocycles. The van der Waals surface area contributed by atoms with E-state index < -0.39 is 16.0 Å². The molecule has 0 aromatic heterocycles. The Kier molecular flexibility index (Phi) is 6.59. The van der Waals surface area contributed by atoms with Gasteiger partial charge in [0.05, 0.1) is 28.8 Å². The number of hydrogen-bond acceptors (Lipinski definition) is 6. The molecule has 0 unspecified atom stereocenters. The maximum Gasteiger partial charge on any atom is 0.337 e. The molecule has 1 fully saturated rings. The minimum atomic E-state index is -4.00. The van der Waals surface area contributed by atoms with Gasteiger partial charge in [0.15, 0.2) is 0 Å². The predicted octanol–water partition coefficient (Wildman–Crippen LogP) is 1.61. The number of likely N-dealkylation sites (tertiary alicyclic amines) is 1. The number of primary amides is 1. The summed E-state index contributed by atoms with van der Waals surface area (Å²) in [5.41, 5.74) is 5.90. The van der Waals surface area contributed by atoms with Gasteiger partial charge in [0, 0.05) is 19.0 Å². The molecule has 0 aliphatic carbocycles. The van der Waals surface area contributed by atoms with Crippen LogP contribution in [0.25, 0.3) is 0 Å². The highest BCUT2D eigenvalue weighted by Gasteiger charge is 2.28. The van der Waals surface area contributed by atoms with Crippen molar-refractivity contribution in [1.29, 1.82) is 0 Å². The molecule has 2 aromatic carbocycles. The van der Waals surface area contributed by atoms with E-state index >= 15 is 0 Å². The Balaban J connectivity index is 1.79. The Morgan fingerprint density at radius 3 is 2.23 bits per heavy atom. The lowest BCUT2D eigenvalue weighted by atomic mass is 9.96. The molecule has 3 N–H and O–H groups in total. The van der Waals surface area contributed by atoms with Gasteiger partial charge in [0.2, 0.25) is 5.91 Å². The first-order valence-corrected chi connectivity index (χ1v) is 11.1. The third-order valence-corrected chi connectivity index (χ3v) is 6.55. The highest BCUT2D eigenvalue weighted by atomic mass is 32.2. The first kappa shape index (κ1) is 22.3. The van der Waals surface area contributed by atoms with Gasteiger partial charge in [-0.15, -0.1) is 0 Å². The van der Waals surface area contributed by atoms with E-state index in [1.807, 2.05) is 0 Å². The van der Waals surface area contributed by atoms with E-state index in [0.29, 0.717) is 25.9 Å². The zero-order valence-electron chi connectivity index (χ0n) is 16.9. The van der Waals surface area contributed by atoms with E-state index in [0.717, 1.165) is 0 Å². The second-order valence-electron chi connectivity index (χ2n) is 7.14. The summed E-state index contributed by atoms with van der Waals surface area (Å²) in [4.78, 5) is 37.4. The van der Waals surface area contributed by atoms with Crippen molar-refractivity contribution >= 4 is 33.5 Å². The Labute approximate surface area is 180 Å². The highest BCUT2D eigenvalue weighted by Crippen LogP contribution is 2.24. The first-order valence-electron chi connectivity index (χ1n) is 9.61. The monoisotopic (exact) mass is 445 g/mol. The number of nitrogens with two attached hydrogens (primary N) is 1. The quantitative estimate of drug-likeness (QED) is 0.649. The number of nitrogens with zero attached hydrogens (tertiary/aromatic N) is 1. The lowest BCUT2D eigenvalue weighted by Gasteiger charge is -2.31. The van der Waals surface area contributed by atoms with Crippen LogP contribution in [-0.4, -0.2) is 51.3 Å². The van der Waals surface area contributed by atoms with E-state index in [1.54, 1.807) is 23.1 Å². The van der Waals surface area contributed by atoms with Crippen molar-refractivity contribution in [2.75, 3.05) is 24.9 Å². The van der Waals surface area contributed by atoms with Gasteiger partial charge in [-0.25, -0.2) is 13.2 Å². The summed E-state index contributed by atoms with van der Waals surface area (Å²) in [6.45, 7) is 0.727. The zero-order chi connectivity index (χ0) is 22.6. The number of piperidine rings is 1. The molecule has 0 radical (unpaired) electrons. The zero-order valence-corrected chi connectivity index (χ0v) is 17.7. The van der Waals surface area contributed by atoms with Crippen molar-refractivity contribution in [2.24, 2.45) is 11.7 Å². The largest absolute Gasteiger partial charge is 0.465 e. The number of ether oxygens (including phenoxy) is 1. The smallest absolute Gasteiger partial charge is 0.337 e. The lowest BCUT2D eigenvalue weighted by molar-refractivity contribution is -0.123. The molecular weight excluding hydrogens is 422 g/mol. The Hall–Kier alpha value is -3.40. The summed E-state index contributed by atoms with van der Waals surface area (Å²) < 4.78 is 32.7. The number of hydrogen-bond donors (Lipinski definition) is 2. The number of rotatable bonds is 6. The van der Waals surface area contributed by atoms with E-state index in [9.17, 15) is 22.8 Å². The van der Waals surface area contributed by atoms with Gasteiger partial charge in [-0.3, -0.25) is 14.3 Å². The second kappa shape index (κ2) is 9.17. The highest BCUT2D eigenvalue weighted by molar-refractivity contribution is 7.92. The van der Waals surface area contributed by atoms with Gasteiger partial charge in [-0.2, -0.15) is 0 Å². The van der Waals surface area contributed by atoms with E-state index in [1.165, 1.54) is 37.4 Å².